The van der Waals surface area contributed by atoms with Gasteiger partial charge < -0.3 is 9.47 Å². The molecule has 0 spiro atoms. The summed E-state index contributed by atoms with van der Waals surface area (Å²) in [5, 5.41) is 1.91. The van der Waals surface area contributed by atoms with E-state index in [-0.39, 0.29) is 31.9 Å². The molecule has 5 rings (SSSR count). The van der Waals surface area contributed by atoms with Gasteiger partial charge in [-0.25, -0.2) is 20.7 Å². The van der Waals surface area contributed by atoms with Crippen LogP contribution in [0.5, 0.6) is 23.3 Å². The summed E-state index contributed by atoms with van der Waals surface area (Å²) in [4.78, 5) is 8.78. The number of hydrogen-bond donors (Lipinski definition) is 0. The summed E-state index contributed by atoms with van der Waals surface area (Å²) in [6.07, 6.45) is 3.57. The third-order valence-electron chi connectivity index (χ3n) is 5.86. The third-order valence-corrected chi connectivity index (χ3v) is 6.98. The van der Waals surface area contributed by atoms with Crippen molar-refractivity contribution in [2.75, 3.05) is 0 Å². The molecule has 3 heterocycles. The van der Waals surface area contributed by atoms with Crippen molar-refractivity contribution in [2.45, 2.75) is 52.4 Å². The van der Waals surface area contributed by atoms with E-state index >= 15 is 0 Å². The smallest absolute Gasteiger partial charge is 0.460 e. The van der Waals surface area contributed by atoms with Gasteiger partial charge in [-0.2, -0.15) is 0 Å². The van der Waals surface area contributed by atoms with Gasteiger partial charge in [0.05, 0.1) is 0 Å². The standard InChI is InChI=1S/C30H28N2O2S.Pt/c1-29(2,3)19-11-13-31-27(15-19)33-21-7-9-25-23(17-21)24-18-22(8-10-26(24)35-25)34-28-16-20(12-14-32-28)30(4,5)6;/h7-16H,1-6H3;/q-2;+2. The van der Waals surface area contributed by atoms with Crippen molar-refractivity contribution in [3.63, 3.8) is 0 Å². The van der Waals surface area contributed by atoms with E-state index in [9.17, 15) is 0 Å². The maximum atomic E-state index is 6.09. The van der Waals surface area contributed by atoms with E-state index in [1.54, 1.807) is 23.7 Å². The SMILES string of the molecule is CC(C)(C)c1ccnc(Oc2[c-]c3c(cc2)sc2ccc(Oc4cc(C(C)(C)C)ccn4)[c-]c23)c1.[Pt+2]. The van der Waals surface area contributed by atoms with Crippen molar-refractivity contribution >= 4 is 31.5 Å². The number of aromatic nitrogens is 2. The Morgan fingerprint density at radius 1 is 0.639 bits per heavy atom. The van der Waals surface area contributed by atoms with Gasteiger partial charge in [0.15, 0.2) is 0 Å². The zero-order valence-corrected chi connectivity index (χ0v) is 24.3. The van der Waals surface area contributed by atoms with E-state index in [1.807, 2.05) is 36.4 Å². The minimum absolute atomic E-state index is 0. The number of thiophene rings is 1. The van der Waals surface area contributed by atoms with Gasteiger partial charge in [-0.15, -0.1) is 45.8 Å². The molecule has 4 nitrogen and oxygen atoms in total. The van der Waals surface area contributed by atoms with E-state index in [4.69, 9.17) is 9.47 Å². The molecule has 186 valence electrons. The van der Waals surface area contributed by atoms with Crippen molar-refractivity contribution in [3.05, 3.63) is 84.2 Å². The third kappa shape index (κ3) is 5.63. The van der Waals surface area contributed by atoms with Crippen LogP contribution in [0.1, 0.15) is 52.7 Å². The molecule has 36 heavy (non-hydrogen) atoms. The van der Waals surface area contributed by atoms with Crippen LogP contribution in [-0.4, -0.2) is 9.97 Å². The normalized spacial score (nSPS) is 11.9. The van der Waals surface area contributed by atoms with Crippen LogP contribution in [0.4, 0.5) is 0 Å². The van der Waals surface area contributed by atoms with Gasteiger partial charge in [-0.05, 0) is 34.1 Å². The minimum Gasteiger partial charge on any atom is -0.460 e. The van der Waals surface area contributed by atoms with Crippen LogP contribution in [0, 0.1) is 12.1 Å². The molecule has 0 saturated heterocycles. The minimum atomic E-state index is 0. The van der Waals surface area contributed by atoms with Crippen molar-refractivity contribution in [1.29, 1.82) is 0 Å². The fourth-order valence-corrected chi connectivity index (χ4v) is 4.81. The molecule has 0 fully saturated rings. The number of hydrogen-bond acceptors (Lipinski definition) is 5. The largest absolute Gasteiger partial charge is 2.00 e. The fraction of sp³-hybridized carbons (Fsp3) is 0.267. The van der Waals surface area contributed by atoms with Gasteiger partial charge in [-0.1, -0.05) is 41.5 Å². The van der Waals surface area contributed by atoms with Gasteiger partial charge in [0.1, 0.15) is 0 Å². The second-order valence-corrected chi connectivity index (χ2v) is 11.8. The number of ether oxygens (including phenoxy) is 2. The van der Waals surface area contributed by atoms with Crippen LogP contribution in [0.15, 0.2) is 60.9 Å². The van der Waals surface area contributed by atoms with Crippen LogP contribution < -0.4 is 9.47 Å². The zero-order chi connectivity index (χ0) is 24.8. The maximum absolute atomic E-state index is 6.09. The van der Waals surface area contributed by atoms with Crippen LogP contribution in [0.2, 0.25) is 0 Å². The van der Waals surface area contributed by atoms with E-state index in [2.05, 4.69) is 75.8 Å². The zero-order valence-electron chi connectivity index (χ0n) is 21.2. The monoisotopic (exact) mass is 675 g/mol. The maximum Gasteiger partial charge on any atom is 2.00 e. The van der Waals surface area contributed by atoms with Crippen LogP contribution >= 0.6 is 11.3 Å². The Hall–Kier alpha value is -2.75. The predicted octanol–water partition coefficient (Wildman–Crippen LogP) is 8.62. The van der Waals surface area contributed by atoms with Crippen molar-refractivity contribution < 1.29 is 30.5 Å². The summed E-state index contributed by atoms with van der Waals surface area (Å²) in [6.45, 7) is 13.0. The molecule has 0 aliphatic rings. The molecule has 0 aliphatic carbocycles. The molecule has 0 unspecified atom stereocenters. The molecule has 0 bridgehead atoms. The van der Waals surface area contributed by atoms with Gasteiger partial charge in [0.25, 0.3) is 0 Å². The van der Waals surface area contributed by atoms with Crippen molar-refractivity contribution in [2.24, 2.45) is 0 Å². The Bertz CT molecular complexity index is 1420. The average molecular weight is 676 g/mol. The first-order chi connectivity index (χ1) is 16.6. The summed E-state index contributed by atoms with van der Waals surface area (Å²) in [5.74, 6) is 2.36. The van der Waals surface area contributed by atoms with Crippen LogP contribution in [0.25, 0.3) is 20.2 Å². The first-order valence-electron chi connectivity index (χ1n) is 11.7. The Kier molecular flexibility index (Phi) is 7.28. The molecule has 0 N–H and O–H groups in total. The predicted molar refractivity (Wildman–Crippen MR) is 143 cm³/mol. The van der Waals surface area contributed by atoms with E-state index in [1.165, 1.54) is 11.1 Å². The number of rotatable bonds is 4. The number of fused-ring (bicyclic) bond motifs is 3. The Morgan fingerprint density at radius 3 is 1.44 bits per heavy atom. The molecule has 3 aromatic heterocycles. The second kappa shape index (κ2) is 9.95. The van der Waals surface area contributed by atoms with E-state index in [0.717, 1.165) is 20.2 Å². The van der Waals surface area contributed by atoms with Crippen LogP contribution in [-0.2, 0) is 31.9 Å². The van der Waals surface area contributed by atoms with E-state index in [0.29, 0.717) is 23.3 Å². The number of benzene rings is 2. The molecule has 0 saturated carbocycles. The summed E-state index contributed by atoms with van der Waals surface area (Å²) < 4.78 is 14.4. The Labute approximate surface area is 231 Å². The number of pyridine rings is 2. The quantitative estimate of drug-likeness (QED) is 0.179. The van der Waals surface area contributed by atoms with Gasteiger partial charge >= 0.3 is 21.1 Å². The molecule has 0 radical (unpaired) electrons. The topological polar surface area (TPSA) is 44.2 Å². The fourth-order valence-electron chi connectivity index (χ4n) is 3.79. The Morgan fingerprint density at radius 2 is 1.06 bits per heavy atom. The van der Waals surface area contributed by atoms with Crippen molar-refractivity contribution in [1.82, 2.24) is 9.97 Å². The van der Waals surface area contributed by atoms with Crippen molar-refractivity contribution in [3.8, 4) is 23.3 Å². The molecule has 0 amide bonds. The Balaban J connectivity index is 0.00000304. The molecular formula is C30H28N2O2PtS. The van der Waals surface area contributed by atoms with Crippen LogP contribution in [0.3, 0.4) is 0 Å². The number of nitrogens with zero attached hydrogens (tertiary/aromatic N) is 2. The summed E-state index contributed by atoms with van der Waals surface area (Å²) in [7, 11) is 0. The van der Waals surface area contributed by atoms with E-state index < -0.39 is 0 Å². The molecular weight excluding hydrogens is 647 g/mol. The second-order valence-electron chi connectivity index (χ2n) is 10.7. The molecule has 6 heteroatoms. The van der Waals surface area contributed by atoms with Gasteiger partial charge in [-0.3, -0.25) is 11.3 Å². The summed E-state index contributed by atoms with van der Waals surface area (Å²) >= 11 is 1.70. The molecule has 0 aliphatic heterocycles. The molecule has 5 aromatic rings. The summed E-state index contributed by atoms with van der Waals surface area (Å²) in [5.41, 5.74) is 2.38. The van der Waals surface area contributed by atoms with Gasteiger partial charge in [0.2, 0.25) is 11.8 Å². The molecule has 2 aromatic carbocycles. The first-order valence-corrected chi connectivity index (χ1v) is 12.5. The van der Waals surface area contributed by atoms with Gasteiger partial charge in [0, 0.05) is 36.0 Å². The average Bonchev–Trinajstić information content (AvgIpc) is 3.16. The summed E-state index contributed by atoms with van der Waals surface area (Å²) in [6, 6.07) is 22.8. The first kappa shape index (κ1) is 26.3. The molecule has 0 atom stereocenters.